The predicted octanol–water partition coefficient (Wildman–Crippen LogP) is 5.28. The average Bonchev–Trinajstić information content (AvgIpc) is 2.84. The zero-order valence-electron chi connectivity index (χ0n) is 20.4. The molecule has 0 fully saturated rings. The van der Waals surface area contributed by atoms with Crippen LogP contribution >= 0.6 is 0 Å². The molecule has 2 aromatic carbocycles. The average molecular weight is 464 g/mol. The minimum Gasteiger partial charge on any atom is -0.493 e. The number of carbonyl (C=O) groups is 2. The van der Waals surface area contributed by atoms with E-state index in [-0.39, 0.29) is 36.1 Å². The fourth-order valence-electron chi connectivity index (χ4n) is 4.79. The van der Waals surface area contributed by atoms with Crippen molar-refractivity contribution in [2.24, 2.45) is 0 Å². The highest BCUT2D eigenvalue weighted by Gasteiger charge is 2.38. The summed E-state index contributed by atoms with van der Waals surface area (Å²) < 4.78 is 17.0. The highest BCUT2D eigenvalue weighted by atomic mass is 16.5. The van der Waals surface area contributed by atoms with E-state index in [9.17, 15) is 9.59 Å². The van der Waals surface area contributed by atoms with Gasteiger partial charge in [0.1, 0.15) is 5.75 Å². The summed E-state index contributed by atoms with van der Waals surface area (Å²) in [6.07, 6.45) is 2.35. The molecule has 2 aromatic rings. The van der Waals surface area contributed by atoms with Crippen molar-refractivity contribution in [3.63, 3.8) is 0 Å². The van der Waals surface area contributed by atoms with E-state index in [1.165, 1.54) is 0 Å². The zero-order valence-corrected chi connectivity index (χ0v) is 20.4. The maximum absolute atomic E-state index is 13.4. The standard InChI is InChI=1S/C28H33NO5/c1-5-17(3)34-21-10-7-18(8-11-21)22-16-27(31)29-23-13-20(14-24(30)28(22)23)19-9-12-25(33-6-2)26(15-19)32-4/h7-12,15,17,20,22H,5-6,13-14,16H2,1-4H3,(H,29,31). The normalized spacial score (nSPS) is 20.9. The second-order valence-electron chi connectivity index (χ2n) is 8.97. The van der Waals surface area contributed by atoms with Crippen LogP contribution < -0.4 is 19.5 Å². The van der Waals surface area contributed by atoms with Crippen LogP contribution in [0.5, 0.6) is 17.2 Å². The molecule has 0 aromatic heterocycles. The topological polar surface area (TPSA) is 73.9 Å². The molecule has 0 saturated carbocycles. The van der Waals surface area contributed by atoms with Crippen molar-refractivity contribution in [2.75, 3.05) is 13.7 Å². The Labute approximate surface area is 201 Å². The fraction of sp³-hybridized carbons (Fsp3) is 0.429. The van der Waals surface area contributed by atoms with Gasteiger partial charge in [-0.2, -0.15) is 0 Å². The second kappa shape index (κ2) is 10.3. The molecule has 0 saturated heterocycles. The molecule has 2 aliphatic rings. The Hall–Kier alpha value is -3.28. The van der Waals surface area contributed by atoms with Crippen LogP contribution in [0.4, 0.5) is 0 Å². The molecule has 1 heterocycles. The molecular weight excluding hydrogens is 430 g/mol. The summed E-state index contributed by atoms with van der Waals surface area (Å²) in [4.78, 5) is 26.0. The van der Waals surface area contributed by atoms with E-state index in [1.54, 1.807) is 7.11 Å². The van der Waals surface area contributed by atoms with Crippen LogP contribution in [0, 0.1) is 0 Å². The van der Waals surface area contributed by atoms with Crippen molar-refractivity contribution < 1.29 is 23.8 Å². The molecule has 3 unspecified atom stereocenters. The SMILES string of the molecule is CCOc1ccc(C2CC(=O)C3=C(C2)NC(=O)CC3c2ccc(OC(C)CC)cc2)cc1OC. The first-order chi connectivity index (χ1) is 16.4. The van der Waals surface area contributed by atoms with Crippen molar-refractivity contribution in [3.8, 4) is 17.2 Å². The third-order valence-electron chi connectivity index (χ3n) is 6.69. The molecule has 1 aliphatic carbocycles. The molecular formula is C28H33NO5. The lowest BCUT2D eigenvalue weighted by Gasteiger charge is -2.34. The maximum atomic E-state index is 13.4. The summed E-state index contributed by atoms with van der Waals surface area (Å²) in [5.74, 6) is 1.91. The van der Waals surface area contributed by atoms with Gasteiger partial charge in [-0.3, -0.25) is 9.59 Å². The highest BCUT2D eigenvalue weighted by Crippen LogP contribution is 2.44. The van der Waals surface area contributed by atoms with Crippen molar-refractivity contribution in [3.05, 3.63) is 64.9 Å². The number of Topliss-reactive ketones (excluding diaryl/α,β-unsaturated/α-hetero) is 1. The van der Waals surface area contributed by atoms with Crippen LogP contribution in [-0.4, -0.2) is 31.5 Å². The van der Waals surface area contributed by atoms with Crippen molar-refractivity contribution in [2.45, 2.75) is 64.4 Å². The lowest BCUT2D eigenvalue weighted by Crippen LogP contribution is -2.38. The molecule has 1 N–H and O–H groups in total. The Morgan fingerprint density at radius 2 is 1.71 bits per heavy atom. The van der Waals surface area contributed by atoms with Gasteiger partial charge in [-0.15, -0.1) is 0 Å². The third-order valence-corrected chi connectivity index (χ3v) is 6.69. The third kappa shape index (κ3) is 4.96. The van der Waals surface area contributed by atoms with Crippen LogP contribution in [0.25, 0.3) is 0 Å². The van der Waals surface area contributed by atoms with Gasteiger partial charge in [-0.1, -0.05) is 25.1 Å². The molecule has 0 bridgehead atoms. The van der Waals surface area contributed by atoms with E-state index in [0.29, 0.717) is 30.9 Å². The maximum Gasteiger partial charge on any atom is 0.225 e. The number of ether oxygens (including phenoxy) is 3. The van der Waals surface area contributed by atoms with Crippen LogP contribution in [0.15, 0.2) is 53.7 Å². The molecule has 1 amide bonds. The molecule has 180 valence electrons. The monoisotopic (exact) mass is 463 g/mol. The summed E-state index contributed by atoms with van der Waals surface area (Å²) in [7, 11) is 1.61. The number of carbonyl (C=O) groups excluding carboxylic acids is 2. The first-order valence-electron chi connectivity index (χ1n) is 12.1. The van der Waals surface area contributed by atoms with Gasteiger partial charge in [0.05, 0.1) is 19.8 Å². The molecule has 3 atom stereocenters. The van der Waals surface area contributed by atoms with Gasteiger partial charge < -0.3 is 19.5 Å². The first kappa shape index (κ1) is 23.9. The number of methoxy groups -OCH3 is 1. The highest BCUT2D eigenvalue weighted by molar-refractivity contribution is 6.02. The van der Waals surface area contributed by atoms with Crippen molar-refractivity contribution in [1.82, 2.24) is 5.32 Å². The van der Waals surface area contributed by atoms with E-state index in [4.69, 9.17) is 14.2 Å². The van der Waals surface area contributed by atoms with Crippen LogP contribution in [0.2, 0.25) is 0 Å². The van der Waals surface area contributed by atoms with Crippen LogP contribution in [-0.2, 0) is 9.59 Å². The van der Waals surface area contributed by atoms with Gasteiger partial charge >= 0.3 is 0 Å². The summed E-state index contributed by atoms with van der Waals surface area (Å²) in [5, 5.41) is 2.99. The summed E-state index contributed by atoms with van der Waals surface area (Å²) in [6.45, 7) is 6.59. The van der Waals surface area contributed by atoms with Gasteiger partial charge in [-0.05, 0) is 68.0 Å². The largest absolute Gasteiger partial charge is 0.493 e. The minimum atomic E-state index is -0.232. The Morgan fingerprint density at radius 3 is 2.38 bits per heavy atom. The van der Waals surface area contributed by atoms with Gasteiger partial charge in [0.25, 0.3) is 0 Å². The minimum absolute atomic E-state index is 0.0267. The van der Waals surface area contributed by atoms with E-state index in [1.807, 2.05) is 56.3 Å². The first-order valence-corrected chi connectivity index (χ1v) is 12.1. The number of benzene rings is 2. The Balaban J connectivity index is 1.60. The van der Waals surface area contributed by atoms with E-state index in [2.05, 4.69) is 12.2 Å². The Kier molecular flexibility index (Phi) is 7.25. The number of ketones is 1. The molecule has 6 heteroatoms. The molecule has 4 rings (SSSR count). The number of rotatable bonds is 8. The fourth-order valence-corrected chi connectivity index (χ4v) is 4.79. The summed E-state index contributed by atoms with van der Waals surface area (Å²) in [5.41, 5.74) is 3.45. The summed E-state index contributed by atoms with van der Waals surface area (Å²) >= 11 is 0. The Morgan fingerprint density at radius 1 is 0.971 bits per heavy atom. The van der Waals surface area contributed by atoms with Gasteiger partial charge in [0, 0.05) is 30.0 Å². The summed E-state index contributed by atoms with van der Waals surface area (Å²) in [6, 6.07) is 13.6. The quantitative estimate of drug-likeness (QED) is 0.577. The zero-order chi connectivity index (χ0) is 24.2. The number of nitrogens with one attached hydrogen (secondary N) is 1. The number of hydrogen-bond acceptors (Lipinski definition) is 5. The van der Waals surface area contributed by atoms with Gasteiger partial charge in [-0.25, -0.2) is 0 Å². The van der Waals surface area contributed by atoms with Crippen LogP contribution in [0.3, 0.4) is 0 Å². The number of hydrogen-bond donors (Lipinski definition) is 1. The molecule has 34 heavy (non-hydrogen) atoms. The number of allylic oxidation sites excluding steroid dienone is 2. The second-order valence-corrected chi connectivity index (χ2v) is 8.97. The molecule has 6 nitrogen and oxygen atoms in total. The van der Waals surface area contributed by atoms with E-state index < -0.39 is 0 Å². The van der Waals surface area contributed by atoms with Crippen molar-refractivity contribution >= 4 is 11.7 Å². The lowest BCUT2D eigenvalue weighted by molar-refractivity contribution is -0.122. The molecule has 0 spiro atoms. The Bertz CT molecular complexity index is 1090. The van der Waals surface area contributed by atoms with Gasteiger partial charge in [0.15, 0.2) is 17.3 Å². The van der Waals surface area contributed by atoms with E-state index >= 15 is 0 Å². The molecule has 0 radical (unpaired) electrons. The predicted molar refractivity (Wildman–Crippen MR) is 130 cm³/mol. The van der Waals surface area contributed by atoms with Gasteiger partial charge in [0.2, 0.25) is 5.91 Å². The lowest BCUT2D eigenvalue weighted by atomic mass is 9.73. The van der Waals surface area contributed by atoms with Crippen LogP contribution in [0.1, 0.15) is 69.4 Å². The smallest absolute Gasteiger partial charge is 0.225 e. The number of amides is 1. The van der Waals surface area contributed by atoms with E-state index in [0.717, 1.165) is 34.6 Å². The van der Waals surface area contributed by atoms with Crippen molar-refractivity contribution in [1.29, 1.82) is 0 Å². The molecule has 1 aliphatic heterocycles.